The van der Waals surface area contributed by atoms with Crippen LogP contribution in [0.15, 0.2) is 24.3 Å². The average Bonchev–Trinajstić information content (AvgIpc) is 2.47. The van der Waals surface area contributed by atoms with Crippen LogP contribution in [0.3, 0.4) is 0 Å². The molecule has 3 N–H and O–H groups in total. The molecule has 124 valence electrons. The number of hydrogen-bond acceptors (Lipinski definition) is 2. The Morgan fingerprint density at radius 2 is 1.77 bits per heavy atom. The lowest BCUT2D eigenvalue weighted by Crippen LogP contribution is -2.44. The van der Waals surface area contributed by atoms with Crippen molar-refractivity contribution in [3.8, 4) is 0 Å². The average molecular weight is 337 g/mol. The Morgan fingerprint density at radius 3 is 2.32 bits per heavy atom. The van der Waals surface area contributed by atoms with Gasteiger partial charge in [-0.05, 0) is 49.6 Å². The summed E-state index contributed by atoms with van der Waals surface area (Å²) in [6.07, 6.45) is -0.394. The van der Waals surface area contributed by atoms with Crippen molar-refractivity contribution in [2.75, 3.05) is 6.54 Å². The maximum atomic E-state index is 12.5. The Balaban J connectivity index is 0.00000242. The third kappa shape index (κ3) is 4.61. The van der Waals surface area contributed by atoms with Crippen molar-refractivity contribution < 1.29 is 18.0 Å². The number of amides is 1. The third-order valence-corrected chi connectivity index (χ3v) is 4.00. The molecule has 1 aromatic carbocycles. The highest BCUT2D eigenvalue weighted by Crippen LogP contribution is 2.29. The van der Waals surface area contributed by atoms with Gasteiger partial charge >= 0.3 is 6.18 Å². The predicted octanol–water partition coefficient (Wildman–Crippen LogP) is 3.37. The lowest BCUT2D eigenvalue weighted by atomic mass is 9.84. The van der Waals surface area contributed by atoms with Gasteiger partial charge in [0.15, 0.2) is 0 Å². The van der Waals surface area contributed by atoms with Crippen molar-refractivity contribution in [2.24, 2.45) is 11.7 Å². The summed E-state index contributed by atoms with van der Waals surface area (Å²) in [5.41, 5.74) is 5.19. The molecular weight excluding hydrogens is 317 g/mol. The molecule has 2 unspecified atom stereocenters. The van der Waals surface area contributed by atoms with E-state index in [-0.39, 0.29) is 35.8 Å². The molecule has 2 atom stereocenters. The van der Waals surface area contributed by atoms with Crippen molar-refractivity contribution >= 4 is 18.3 Å². The van der Waals surface area contributed by atoms with Crippen LogP contribution >= 0.6 is 12.4 Å². The van der Waals surface area contributed by atoms with Crippen LogP contribution in [0.5, 0.6) is 0 Å². The van der Waals surface area contributed by atoms with Gasteiger partial charge in [-0.15, -0.1) is 12.4 Å². The van der Waals surface area contributed by atoms with E-state index in [1.165, 1.54) is 12.1 Å². The molecule has 1 aromatic rings. The molecule has 1 saturated carbocycles. The molecule has 0 spiro atoms. The summed E-state index contributed by atoms with van der Waals surface area (Å²) in [6, 6.07) is 4.28. The molecule has 1 fully saturated rings. The predicted molar refractivity (Wildman–Crippen MR) is 81.0 cm³/mol. The van der Waals surface area contributed by atoms with Crippen LogP contribution in [0, 0.1) is 5.92 Å². The number of nitrogens with one attached hydrogen (secondary N) is 1. The monoisotopic (exact) mass is 336 g/mol. The fraction of sp³-hybridized carbons (Fsp3) is 0.533. The standard InChI is InChI=1S/C15H19F3N2O.ClH/c16-15(17,18)12-7-5-10(6-8-12)14(21)20-13-4-2-1-3-11(13)9-19;/h5-8,11,13H,1-4,9,19H2,(H,20,21);1H. The first kappa shape index (κ1) is 18.8. The van der Waals surface area contributed by atoms with E-state index in [0.29, 0.717) is 6.54 Å². The number of benzene rings is 1. The number of carbonyl (C=O) groups is 1. The summed E-state index contributed by atoms with van der Waals surface area (Å²) < 4.78 is 37.4. The van der Waals surface area contributed by atoms with E-state index in [4.69, 9.17) is 5.73 Å². The van der Waals surface area contributed by atoms with Crippen LogP contribution in [0.1, 0.15) is 41.6 Å². The normalized spacial score (nSPS) is 21.8. The molecule has 2 rings (SSSR count). The van der Waals surface area contributed by atoms with Gasteiger partial charge in [0, 0.05) is 11.6 Å². The number of alkyl halides is 3. The molecule has 0 heterocycles. The molecule has 1 amide bonds. The van der Waals surface area contributed by atoms with Gasteiger partial charge in [0.05, 0.1) is 5.56 Å². The Labute approximate surface area is 133 Å². The minimum absolute atomic E-state index is 0. The van der Waals surface area contributed by atoms with Crippen molar-refractivity contribution in [2.45, 2.75) is 37.9 Å². The van der Waals surface area contributed by atoms with Crippen LogP contribution in [0.25, 0.3) is 0 Å². The molecule has 0 aliphatic heterocycles. The van der Waals surface area contributed by atoms with Crippen molar-refractivity contribution in [1.29, 1.82) is 0 Å². The summed E-state index contributed by atoms with van der Waals surface area (Å²) in [4.78, 5) is 12.1. The fourth-order valence-corrected chi connectivity index (χ4v) is 2.74. The molecule has 0 radical (unpaired) electrons. The molecule has 0 aromatic heterocycles. The molecule has 1 aliphatic rings. The second-order valence-electron chi connectivity index (χ2n) is 5.44. The number of halogens is 4. The van der Waals surface area contributed by atoms with Crippen LogP contribution in [0.2, 0.25) is 0 Å². The van der Waals surface area contributed by atoms with Gasteiger partial charge in [-0.2, -0.15) is 13.2 Å². The van der Waals surface area contributed by atoms with E-state index in [2.05, 4.69) is 5.32 Å². The van der Waals surface area contributed by atoms with E-state index in [0.717, 1.165) is 37.8 Å². The summed E-state index contributed by atoms with van der Waals surface area (Å²) in [5.74, 6) is -0.0915. The van der Waals surface area contributed by atoms with Gasteiger partial charge in [0.1, 0.15) is 0 Å². The Morgan fingerprint density at radius 1 is 1.18 bits per heavy atom. The smallest absolute Gasteiger partial charge is 0.349 e. The van der Waals surface area contributed by atoms with Gasteiger partial charge in [0.2, 0.25) is 0 Å². The summed E-state index contributed by atoms with van der Waals surface area (Å²) >= 11 is 0. The van der Waals surface area contributed by atoms with Crippen LogP contribution in [0.4, 0.5) is 13.2 Å². The second kappa shape index (κ2) is 7.83. The summed E-state index contributed by atoms with van der Waals surface area (Å²) in [5, 5.41) is 2.89. The second-order valence-corrected chi connectivity index (χ2v) is 5.44. The topological polar surface area (TPSA) is 55.1 Å². The molecule has 7 heteroatoms. The van der Waals surface area contributed by atoms with Gasteiger partial charge in [0.25, 0.3) is 5.91 Å². The number of nitrogens with two attached hydrogens (primary N) is 1. The van der Waals surface area contributed by atoms with Gasteiger partial charge in [-0.25, -0.2) is 0 Å². The van der Waals surface area contributed by atoms with Crippen molar-refractivity contribution in [1.82, 2.24) is 5.32 Å². The lowest BCUT2D eigenvalue weighted by Gasteiger charge is -2.31. The summed E-state index contributed by atoms with van der Waals surface area (Å²) in [6.45, 7) is 0.512. The first-order valence-corrected chi connectivity index (χ1v) is 7.10. The van der Waals surface area contributed by atoms with E-state index >= 15 is 0 Å². The summed E-state index contributed by atoms with van der Waals surface area (Å²) in [7, 11) is 0. The minimum Gasteiger partial charge on any atom is -0.349 e. The first-order valence-electron chi connectivity index (χ1n) is 7.10. The molecule has 0 bridgehead atoms. The van der Waals surface area contributed by atoms with Crippen LogP contribution in [-0.4, -0.2) is 18.5 Å². The maximum Gasteiger partial charge on any atom is 0.416 e. The Bertz CT molecular complexity index is 491. The first-order chi connectivity index (χ1) is 9.91. The number of rotatable bonds is 3. The number of hydrogen-bond donors (Lipinski definition) is 2. The zero-order valence-electron chi connectivity index (χ0n) is 12.0. The van der Waals surface area contributed by atoms with Gasteiger partial charge < -0.3 is 11.1 Å². The quantitative estimate of drug-likeness (QED) is 0.889. The number of carbonyl (C=O) groups excluding carboxylic acids is 1. The van der Waals surface area contributed by atoms with E-state index in [1.54, 1.807) is 0 Å². The van der Waals surface area contributed by atoms with Gasteiger partial charge in [-0.3, -0.25) is 4.79 Å². The Hall–Kier alpha value is -1.27. The highest BCUT2D eigenvalue weighted by molar-refractivity contribution is 5.94. The van der Waals surface area contributed by atoms with Gasteiger partial charge in [-0.1, -0.05) is 12.8 Å². The van der Waals surface area contributed by atoms with E-state index in [9.17, 15) is 18.0 Å². The molecule has 0 saturated heterocycles. The molecule has 3 nitrogen and oxygen atoms in total. The highest BCUT2D eigenvalue weighted by atomic mass is 35.5. The minimum atomic E-state index is -4.39. The van der Waals surface area contributed by atoms with Crippen molar-refractivity contribution in [3.05, 3.63) is 35.4 Å². The van der Waals surface area contributed by atoms with E-state index in [1.807, 2.05) is 0 Å². The third-order valence-electron chi connectivity index (χ3n) is 4.00. The molecule has 1 aliphatic carbocycles. The maximum absolute atomic E-state index is 12.5. The van der Waals surface area contributed by atoms with Crippen molar-refractivity contribution in [3.63, 3.8) is 0 Å². The highest BCUT2D eigenvalue weighted by Gasteiger charge is 2.30. The van der Waals surface area contributed by atoms with Crippen LogP contribution < -0.4 is 11.1 Å². The zero-order valence-corrected chi connectivity index (χ0v) is 12.8. The zero-order chi connectivity index (χ0) is 15.5. The fourth-order valence-electron chi connectivity index (χ4n) is 2.74. The largest absolute Gasteiger partial charge is 0.416 e. The lowest BCUT2D eigenvalue weighted by molar-refractivity contribution is -0.137. The molecular formula is C15H20ClF3N2O. The van der Waals surface area contributed by atoms with E-state index < -0.39 is 11.7 Å². The molecule has 22 heavy (non-hydrogen) atoms. The SMILES string of the molecule is Cl.NCC1CCCCC1NC(=O)c1ccc(C(F)(F)F)cc1. The van der Waals surface area contributed by atoms with Crippen LogP contribution in [-0.2, 0) is 6.18 Å². The Kier molecular flexibility index (Phi) is 6.68.